The number of nitrogens with zero attached hydrogens (tertiary/aromatic N) is 1. The number of anilines is 1. The van der Waals surface area contributed by atoms with Crippen LogP contribution in [-0.2, 0) is 0 Å². The first-order chi connectivity index (χ1) is 8.52. The summed E-state index contributed by atoms with van der Waals surface area (Å²) < 4.78 is 51.5. The van der Waals surface area contributed by atoms with Crippen LogP contribution in [0.4, 0.5) is 23.2 Å². The molecule has 0 fully saturated rings. The lowest BCUT2D eigenvalue weighted by Gasteiger charge is -2.10. The van der Waals surface area contributed by atoms with Gasteiger partial charge >= 0.3 is 0 Å². The molecule has 1 aromatic heterocycles. The number of fused-ring (bicyclic) bond motifs is 1. The number of benzene rings is 1. The second-order valence-electron chi connectivity index (χ2n) is 3.71. The van der Waals surface area contributed by atoms with Crippen LogP contribution in [0.5, 0.6) is 0 Å². The van der Waals surface area contributed by atoms with Gasteiger partial charge < -0.3 is 5.32 Å². The van der Waals surface area contributed by atoms with Crippen LogP contribution in [-0.4, -0.2) is 11.5 Å². The number of hydrogen-bond donors (Lipinski definition) is 1. The van der Waals surface area contributed by atoms with Crippen molar-refractivity contribution in [2.75, 3.05) is 11.9 Å². The van der Waals surface area contributed by atoms with Gasteiger partial charge in [0.05, 0.1) is 5.52 Å². The molecule has 0 radical (unpaired) electrons. The Bertz CT molecular complexity index is 584. The number of alkyl halides is 2. The minimum atomic E-state index is -2.76. The molecule has 0 atom stereocenters. The van der Waals surface area contributed by atoms with Crippen molar-refractivity contribution in [3.63, 3.8) is 0 Å². The summed E-state index contributed by atoms with van der Waals surface area (Å²) in [5, 5.41) is 3.11. The van der Waals surface area contributed by atoms with E-state index in [1.54, 1.807) is 6.92 Å². The molecule has 0 unspecified atom stereocenters. The zero-order valence-electron chi connectivity index (χ0n) is 9.48. The van der Waals surface area contributed by atoms with E-state index < -0.39 is 23.8 Å². The summed E-state index contributed by atoms with van der Waals surface area (Å²) in [6.07, 6.45) is -2.76. The van der Waals surface area contributed by atoms with Crippen LogP contribution in [0.15, 0.2) is 18.2 Å². The normalized spacial score (nSPS) is 11.2. The smallest absolute Gasteiger partial charge is 0.280 e. The number of nitrogens with one attached hydrogen (secondary N) is 1. The van der Waals surface area contributed by atoms with Crippen LogP contribution in [0.3, 0.4) is 0 Å². The van der Waals surface area contributed by atoms with Gasteiger partial charge in [-0.2, -0.15) is 0 Å². The maximum atomic E-state index is 13.1. The van der Waals surface area contributed by atoms with E-state index in [1.165, 1.54) is 0 Å². The maximum Gasteiger partial charge on any atom is 0.280 e. The quantitative estimate of drug-likeness (QED) is 0.845. The summed E-state index contributed by atoms with van der Waals surface area (Å²) in [4.78, 5) is 3.62. The highest BCUT2D eigenvalue weighted by molar-refractivity contribution is 5.91. The lowest BCUT2D eigenvalue weighted by molar-refractivity contribution is 0.146. The van der Waals surface area contributed by atoms with E-state index in [9.17, 15) is 17.6 Å². The number of aromatic nitrogens is 1. The fourth-order valence-electron chi connectivity index (χ4n) is 1.69. The van der Waals surface area contributed by atoms with Crippen molar-refractivity contribution in [3.8, 4) is 0 Å². The monoisotopic (exact) mass is 258 g/mol. The highest BCUT2D eigenvalue weighted by Gasteiger charge is 2.15. The second-order valence-corrected chi connectivity index (χ2v) is 3.71. The van der Waals surface area contributed by atoms with Gasteiger partial charge in [-0.05, 0) is 19.1 Å². The molecule has 6 heteroatoms. The van der Waals surface area contributed by atoms with Crippen molar-refractivity contribution >= 4 is 16.6 Å². The largest absolute Gasteiger partial charge is 0.385 e. The fraction of sp³-hybridized carbons (Fsp3) is 0.250. The van der Waals surface area contributed by atoms with Crippen molar-refractivity contribution in [3.05, 3.63) is 35.5 Å². The Morgan fingerprint density at radius 2 is 1.83 bits per heavy atom. The highest BCUT2D eigenvalue weighted by atomic mass is 19.3. The molecule has 0 aliphatic carbocycles. The Morgan fingerprint density at radius 3 is 2.44 bits per heavy atom. The van der Waals surface area contributed by atoms with Crippen LogP contribution in [0.2, 0.25) is 0 Å². The molecule has 2 aromatic rings. The van der Waals surface area contributed by atoms with E-state index in [2.05, 4.69) is 10.3 Å². The third kappa shape index (κ3) is 2.23. The number of hydrogen-bond acceptors (Lipinski definition) is 2. The standard InChI is InChI=1S/C12H10F4N2/c1-2-17-9-5-11(12(15)16)18-10-4-8(14)7(13)3-6(9)10/h3-5,12H,2H2,1H3,(H,17,18). The van der Waals surface area contributed by atoms with Crippen LogP contribution in [0.25, 0.3) is 10.9 Å². The second kappa shape index (κ2) is 4.80. The number of halogens is 4. The molecule has 2 rings (SSSR count). The van der Waals surface area contributed by atoms with Gasteiger partial charge in [0, 0.05) is 23.7 Å². The van der Waals surface area contributed by atoms with Gasteiger partial charge in [0.15, 0.2) is 11.6 Å². The molecule has 1 N–H and O–H groups in total. The predicted molar refractivity (Wildman–Crippen MR) is 60.8 cm³/mol. The van der Waals surface area contributed by atoms with Crippen LogP contribution >= 0.6 is 0 Å². The molecule has 0 aliphatic rings. The zero-order chi connectivity index (χ0) is 13.3. The van der Waals surface area contributed by atoms with E-state index in [0.717, 1.165) is 18.2 Å². The van der Waals surface area contributed by atoms with Crippen LogP contribution in [0, 0.1) is 11.6 Å². The van der Waals surface area contributed by atoms with Crippen molar-refractivity contribution in [2.24, 2.45) is 0 Å². The first-order valence-electron chi connectivity index (χ1n) is 5.34. The van der Waals surface area contributed by atoms with Gasteiger partial charge in [-0.1, -0.05) is 0 Å². The number of pyridine rings is 1. The van der Waals surface area contributed by atoms with Crippen molar-refractivity contribution in [2.45, 2.75) is 13.3 Å². The van der Waals surface area contributed by atoms with E-state index in [1.807, 2.05) is 0 Å². The summed E-state index contributed by atoms with van der Waals surface area (Å²) in [6.45, 7) is 2.25. The molecule has 0 bridgehead atoms. The third-order valence-corrected chi connectivity index (χ3v) is 2.46. The minimum absolute atomic E-state index is 0.00245. The fourth-order valence-corrected chi connectivity index (χ4v) is 1.69. The summed E-state index contributed by atoms with van der Waals surface area (Å²) in [6, 6.07) is 2.91. The molecule has 0 spiro atoms. The Hall–Kier alpha value is -1.85. The molecule has 2 nitrogen and oxygen atoms in total. The summed E-state index contributed by atoms with van der Waals surface area (Å²) in [7, 11) is 0. The van der Waals surface area contributed by atoms with E-state index in [0.29, 0.717) is 12.2 Å². The average molecular weight is 258 g/mol. The molecule has 0 saturated carbocycles. The zero-order valence-corrected chi connectivity index (χ0v) is 9.48. The SMILES string of the molecule is CCNc1cc(C(F)F)nc2cc(F)c(F)cc12. The maximum absolute atomic E-state index is 13.1. The molecular formula is C12H10F4N2. The predicted octanol–water partition coefficient (Wildman–Crippen LogP) is 3.88. The first-order valence-corrected chi connectivity index (χ1v) is 5.34. The first kappa shape index (κ1) is 12.6. The topological polar surface area (TPSA) is 24.9 Å². The molecule has 1 aromatic carbocycles. The Morgan fingerprint density at radius 1 is 1.17 bits per heavy atom. The average Bonchev–Trinajstić information content (AvgIpc) is 2.31. The van der Waals surface area contributed by atoms with Gasteiger partial charge in [0.2, 0.25) is 0 Å². The Labute approximate surface area is 101 Å². The van der Waals surface area contributed by atoms with Crippen molar-refractivity contribution < 1.29 is 17.6 Å². The molecule has 0 saturated heterocycles. The van der Waals surface area contributed by atoms with Gasteiger partial charge in [-0.15, -0.1) is 0 Å². The molecule has 0 amide bonds. The van der Waals surface area contributed by atoms with E-state index in [-0.39, 0.29) is 10.9 Å². The summed E-state index contributed by atoms with van der Waals surface area (Å²) in [5.74, 6) is -2.14. The van der Waals surface area contributed by atoms with Gasteiger partial charge in [-0.25, -0.2) is 22.5 Å². The van der Waals surface area contributed by atoms with Crippen molar-refractivity contribution in [1.29, 1.82) is 0 Å². The van der Waals surface area contributed by atoms with Crippen LogP contribution < -0.4 is 5.32 Å². The van der Waals surface area contributed by atoms with Crippen LogP contribution in [0.1, 0.15) is 19.0 Å². The van der Waals surface area contributed by atoms with Crippen molar-refractivity contribution in [1.82, 2.24) is 4.98 Å². The third-order valence-electron chi connectivity index (χ3n) is 2.46. The molecule has 18 heavy (non-hydrogen) atoms. The lowest BCUT2D eigenvalue weighted by atomic mass is 10.1. The van der Waals surface area contributed by atoms with E-state index >= 15 is 0 Å². The number of rotatable bonds is 3. The summed E-state index contributed by atoms with van der Waals surface area (Å²) >= 11 is 0. The highest BCUT2D eigenvalue weighted by Crippen LogP contribution is 2.29. The van der Waals surface area contributed by atoms with Gasteiger partial charge in [-0.3, -0.25) is 0 Å². The molecular weight excluding hydrogens is 248 g/mol. The molecule has 96 valence electrons. The summed E-state index contributed by atoms with van der Waals surface area (Å²) in [5.41, 5.74) is -0.149. The minimum Gasteiger partial charge on any atom is -0.385 e. The molecule has 0 aliphatic heterocycles. The lowest BCUT2D eigenvalue weighted by Crippen LogP contribution is -2.02. The van der Waals surface area contributed by atoms with Gasteiger partial charge in [0.25, 0.3) is 6.43 Å². The Balaban J connectivity index is 2.72. The van der Waals surface area contributed by atoms with Gasteiger partial charge in [0.1, 0.15) is 5.69 Å². The van der Waals surface area contributed by atoms with E-state index in [4.69, 9.17) is 0 Å². The Kier molecular flexibility index (Phi) is 3.36. The molecule has 1 heterocycles.